The van der Waals surface area contributed by atoms with Gasteiger partial charge in [0.2, 0.25) is 5.91 Å². The van der Waals surface area contributed by atoms with Gasteiger partial charge in [-0.15, -0.1) is 0 Å². The molecule has 1 atom stereocenters. The molecule has 0 bridgehead atoms. The van der Waals surface area contributed by atoms with Crippen molar-refractivity contribution in [3.63, 3.8) is 0 Å². The zero-order chi connectivity index (χ0) is 12.7. The first-order valence-corrected chi connectivity index (χ1v) is 6.20. The van der Waals surface area contributed by atoms with E-state index >= 15 is 0 Å². The van der Waals surface area contributed by atoms with E-state index in [-0.39, 0.29) is 12.5 Å². The highest BCUT2D eigenvalue weighted by atomic mass is 16.4. The quantitative estimate of drug-likeness (QED) is 0.829. The summed E-state index contributed by atoms with van der Waals surface area (Å²) < 4.78 is 0. The number of amides is 1. The lowest BCUT2D eigenvalue weighted by atomic mass is 9.97. The number of aliphatic carboxylic acids is 1. The van der Waals surface area contributed by atoms with Gasteiger partial charge in [0.05, 0.1) is 23.5 Å². The van der Waals surface area contributed by atoms with Crippen molar-refractivity contribution >= 4 is 17.6 Å². The lowest BCUT2D eigenvalue weighted by Gasteiger charge is -2.30. The minimum absolute atomic E-state index is 0.0195. The van der Waals surface area contributed by atoms with E-state index < -0.39 is 11.9 Å². The van der Waals surface area contributed by atoms with Crippen molar-refractivity contribution in [1.82, 2.24) is 10.2 Å². The largest absolute Gasteiger partial charge is 0.481 e. The molecule has 1 saturated carbocycles. The lowest BCUT2D eigenvalue weighted by Crippen LogP contribution is -2.42. The Morgan fingerprint density at radius 3 is 2.94 bits per heavy atom. The van der Waals surface area contributed by atoms with Crippen LogP contribution >= 0.6 is 0 Å². The van der Waals surface area contributed by atoms with E-state index in [1.165, 1.54) is 0 Å². The smallest absolute Gasteiger partial charge is 0.308 e. The summed E-state index contributed by atoms with van der Waals surface area (Å²) in [5, 5.41) is 15.8. The minimum atomic E-state index is -0.862. The molecule has 0 spiro atoms. The zero-order valence-electron chi connectivity index (χ0n) is 9.93. The number of carboxylic acids is 1. The Morgan fingerprint density at radius 2 is 2.28 bits per heavy atom. The maximum atomic E-state index is 12.2. The third-order valence-electron chi connectivity index (χ3n) is 3.65. The third kappa shape index (κ3) is 1.98. The summed E-state index contributed by atoms with van der Waals surface area (Å²) in [6, 6.07) is 0. The third-order valence-corrected chi connectivity index (χ3v) is 3.65. The van der Waals surface area contributed by atoms with Crippen molar-refractivity contribution in [2.24, 2.45) is 11.8 Å². The number of carbonyl (C=O) groups is 2. The van der Waals surface area contributed by atoms with Gasteiger partial charge in [-0.25, -0.2) is 0 Å². The first-order chi connectivity index (χ1) is 8.65. The summed E-state index contributed by atoms with van der Waals surface area (Å²) in [5.74, 6) is -0.885. The van der Waals surface area contributed by atoms with Crippen LogP contribution in [-0.2, 0) is 16.0 Å². The SMILES string of the molecule is O=C(O)C1Cc2[nH]ncc2N(C(=O)CC2CC2)C1. The normalized spacial score (nSPS) is 22.7. The fraction of sp³-hybridized carbons (Fsp3) is 0.583. The Kier molecular flexibility index (Phi) is 2.57. The maximum Gasteiger partial charge on any atom is 0.308 e. The van der Waals surface area contributed by atoms with E-state index in [0.717, 1.165) is 24.2 Å². The number of carboxylic acid groups (broad SMARTS) is 1. The number of aromatic nitrogens is 2. The molecule has 0 aromatic carbocycles. The number of fused-ring (bicyclic) bond motifs is 1. The second-order valence-corrected chi connectivity index (χ2v) is 5.12. The summed E-state index contributed by atoms with van der Waals surface area (Å²) >= 11 is 0. The fourth-order valence-electron chi connectivity index (χ4n) is 2.40. The molecule has 2 N–H and O–H groups in total. The molecule has 2 heterocycles. The number of aromatic amines is 1. The molecule has 0 radical (unpaired) electrons. The van der Waals surface area contributed by atoms with Gasteiger partial charge in [0.15, 0.2) is 0 Å². The van der Waals surface area contributed by atoms with Gasteiger partial charge in [0, 0.05) is 19.4 Å². The molecule has 1 aliphatic carbocycles. The van der Waals surface area contributed by atoms with Crippen LogP contribution in [-0.4, -0.2) is 33.7 Å². The standard InChI is InChI=1S/C12H15N3O3/c16-11(3-7-1-2-7)15-6-8(12(17)18)4-9-10(15)5-13-14-9/h5,7-8H,1-4,6H2,(H,13,14)(H,17,18). The van der Waals surface area contributed by atoms with Gasteiger partial charge >= 0.3 is 5.97 Å². The summed E-state index contributed by atoms with van der Waals surface area (Å²) in [6.07, 6.45) is 4.77. The first kappa shape index (κ1) is 11.3. The van der Waals surface area contributed by atoms with Gasteiger partial charge < -0.3 is 10.0 Å². The number of rotatable bonds is 3. The zero-order valence-corrected chi connectivity index (χ0v) is 9.93. The highest BCUT2D eigenvalue weighted by molar-refractivity contribution is 5.95. The van der Waals surface area contributed by atoms with Crippen LogP contribution in [0.25, 0.3) is 0 Å². The average molecular weight is 249 g/mol. The summed E-state index contributed by atoms with van der Waals surface area (Å²) in [7, 11) is 0. The molecule has 1 fully saturated rings. The highest BCUT2D eigenvalue weighted by Crippen LogP contribution is 2.35. The van der Waals surface area contributed by atoms with Gasteiger partial charge in [0.1, 0.15) is 0 Å². The van der Waals surface area contributed by atoms with Crippen LogP contribution in [0.15, 0.2) is 6.20 Å². The molecule has 1 aliphatic heterocycles. The van der Waals surface area contributed by atoms with Gasteiger partial charge in [-0.1, -0.05) is 0 Å². The molecule has 1 aromatic heterocycles. The molecule has 1 unspecified atom stereocenters. The molecule has 6 nitrogen and oxygen atoms in total. The van der Waals surface area contributed by atoms with Crippen molar-refractivity contribution in [1.29, 1.82) is 0 Å². The minimum Gasteiger partial charge on any atom is -0.481 e. The molecule has 0 saturated heterocycles. The number of carbonyl (C=O) groups excluding carboxylic acids is 1. The van der Waals surface area contributed by atoms with Crippen LogP contribution in [0.2, 0.25) is 0 Å². The second-order valence-electron chi connectivity index (χ2n) is 5.12. The first-order valence-electron chi connectivity index (χ1n) is 6.20. The Balaban J connectivity index is 1.83. The fourth-order valence-corrected chi connectivity index (χ4v) is 2.40. The van der Waals surface area contributed by atoms with Gasteiger partial charge in [-0.3, -0.25) is 14.7 Å². The van der Waals surface area contributed by atoms with Crippen molar-refractivity contribution in [3.8, 4) is 0 Å². The lowest BCUT2D eigenvalue weighted by molar-refractivity contribution is -0.141. The van der Waals surface area contributed by atoms with E-state index in [1.807, 2.05) is 0 Å². The highest BCUT2D eigenvalue weighted by Gasteiger charge is 2.35. The van der Waals surface area contributed by atoms with E-state index in [4.69, 9.17) is 5.11 Å². The molecule has 3 rings (SSSR count). The molecule has 1 amide bonds. The Bertz CT molecular complexity index is 493. The topological polar surface area (TPSA) is 86.3 Å². The van der Waals surface area contributed by atoms with E-state index in [1.54, 1.807) is 11.1 Å². The van der Waals surface area contributed by atoms with Crippen LogP contribution in [0.4, 0.5) is 5.69 Å². The Morgan fingerprint density at radius 1 is 1.50 bits per heavy atom. The molecule has 6 heteroatoms. The molecular weight excluding hydrogens is 234 g/mol. The van der Waals surface area contributed by atoms with Gasteiger partial charge in [0.25, 0.3) is 0 Å². The second kappa shape index (κ2) is 4.12. The Hall–Kier alpha value is -1.85. The molecule has 1 aromatic rings. The van der Waals surface area contributed by atoms with Crippen LogP contribution in [0.5, 0.6) is 0 Å². The predicted molar refractivity (Wildman–Crippen MR) is 63.1 cm³/mol. The summed E-state index contributed by atoms with van der Waals surface area (Å²) in [6.45, 7) is 0.257. The van der Waals surface area contributed by atoms with Crippen LogP contribution in [0, 0.1) is 11.8 Å². The maximum absolute atomic E-state index is 12.2. The van der Waals surface area contributed by atoms with E-state index in [2.05, 4.69) is 10.2 Å². The molecular formula is C12H15N3O3. The van der Waals surface area contributed by atoms with Crippen molar-refractivity contribution in [2.45, 2.75) is 25.7 Å². The Labute approximate surface area is 104 Å². The van der Waals surface area contributed by atoms with Crippen LogP contribution in [0.1, 0.15) is 25.0 Å². The number of H-pyrrole nitrogens is 1. The number of nitrogens with zero attached hydrogens (tertiary/aromatic N) is 2. The predicted octanol–water partition coefficient (Wildman–Crippen LogP) is 0.800. The number of hydrogen-bond acceptors (Lipinski definition) is 3. The van der Waals surface area contributed by atoms with Crippen LogP contribution in [0.3, 0.4) is 0 Å². The van der Waals surface area contributed by atoms with Crippen LogP contribution < -0.4 is 4.90 Å². The number of hydrogen-bond donors (Lipinski definition) is 2. The van der Waals surface area contributed by atoms with Gasteiger partial charge in [-0.05, 0) is 18.8 Å². The van der Waals surface area contributed by atoms with Gasteiger partial charge in [-0.2, -0.15) is 5.10 Å². The number of nitrogens with one attached hydrogen (secondary N) is 1. The van der Waals surface area contributed by atoms with Crippen molar-refractivity contribution in [2.75, 3.05) is 11.4 Å². The molecule has 96 valence electrons. The van der Waals surface area contributed by atoms with E-state index in [0.29, 0.717) is 18.8 Å². The molecule has 2 aliphatic rings. The van der Waals surface area contributed by atoms with E-state index in [9.17, 15) is 9.59 Å². The number of anilines is 1. The summed E-state index contributed by atoms with van der Waals surface area (Å²) in [5.41, 5.74) is 1.50. The van der Waals surface area contributed by atoms with Crippen molar-refractivity contribution < 1.29 is 14.7 Å². The monoisotopic (exact) mass is 249 g/mol. The molecule has 18 heavy (non-hydrogen) atoms. The summed E-state index contributed by atoms with van der Waals surface area (Å²) in [4.78, 5) is 24.9. The van der Waals surface area contributed by atoms with Crippen molar-refractivity contribution in [3.05, 3.63) is 11.9 Å². The average Bonchev–Trinajstić information content (AvgIpc) is 3.02.